The van der Waals surface area contributed by atoms with Gasteiger partial charge in [-0.15, -0.1) is 0 Å². The van der Waals surface area contributed by atoms with Crippen LogP contribution in [0.2, 0.25) is 0 Å². The van der Waals surface area contributed by atoms with Crippen molar-refractivity contribution < 1.29 is 8.78 Å². The van der Waals surface area contributed by atoms with Gasteiger partial charge in [0.2, 0.25) is 0 Å². The van der Waals surface area contributed by atoms with Gasteiger partial charge >= 0.3 is 0 Å². The second kappa shape index (κ2) is 4.72. The largest absolute Gasteiger partial charge is 0.309 e. The normalized spacial score (nSPS) is 12.7. The van der Waals surface area contributed by atoms with Crippen molar-refractivity contribution in [1.82, 2.24) is 5.32 Å². The van der Waals surface area contributed by atoms with Crippen molar-refractivity contribution in [2.45, 2.75) is 6.04 Å². The summed E-state index contributed by atoms with van der Waals surface area (Å²) in [6, 6.07) is 5.35. The first-order valence-corrected chi connectivity index (χ1v) is 5.81. The highest BCUT2D eigenvalue weighted by molar-refractivity contribution is 7.08. The van der Waals surface area contributed by atoms with Gasteiger partial charge in [-0.1, -0.05) is 6.07 Å². The molecule has 1 nitrogen and oxygen atoms in total. The first kappa shape index (κ1) is 11.2. The van der Waals surface area contributed by atoms with E-state index >= 15 is 0 Å². The summed E-state index contributed by atoms with van der Waals surface area (Å²) in [6.07, 6.45) is 0. The monoisotopic (exact) mass is 239 g/mol. The fourth-order valence-corrected chi connectivity index (χ4v) is 2.36. The minimum absolute atomic E-state index is 0.230. The molecule has 1 aromatic carbocycles. The molecule has 0 aliphatic heterocycles. The molecule has 0 aliphatic rings. The van der Waals surface area contributed by atoms with Crippen LogP contribution in [-0.4, -0.2) is 7.05 Å². The Balaban J connectivity index is 2.41. The molecular weight excluding hydrogens is 228 g/mol. The summed E-state index contributed by atoms with van der Waals surface area (Å²) in [5, 5.41) is 6.91. The van der Waals surface area contributed by atoms with E-state index in [1.807, 2.05) is 16.8 Å². The van der Waals surface area contributed by atoms with E-state index in [2.05, 4.69) is 5.32 Å². The van der Waals surface area contributed by atoms with Gasteiger partial charge in [-0.25, -0.2) is 8.78 Å². The molecule has 0 bridgehead atoms. The quantitative estimate of drug-likeness (QED) is 0.866. The van der Waals surface area contributed by atoms with Gasteiger partial charge in [0.05, 0.1) is 6.04 Å². The van der Waals surface area contributed by atoms with E-state index in [0.29, 0.717) is 5.56 Å². The number of benzene rings is 1. The maximum Gasteiger partial charge on any atom is 0.131 e. The summed E-state index contributed by atoms with van der Waals surface area (Å²) in [5.74, 6) is -1.08. The third kappa shape index (κ3) is 2.13. The summed E-state index contributed by atoms with van der Waals surface area (Å²) < 4.78 is 26.4. The highest BCUT2D eigenvalue weighted by Gasteiger charge is 2.16. The molecule has 1 aromatic heterocycles. The molecule has 1 N–H and O–H groups in total. The van der Waals surface area contributed by atoms with Gasteiger partial charge in [-0.3, -0.25) is 0 Å². The summed E-state index contributed by atoms with van der Waals surface area (Å²) in [7, 11) is 1.76. The highest BCUT2D eigenvalue weighted by atomic mass is 32.1. The predicted octanol–water partition coefficient (Wildman–Crippen LogP) is 3.34. The molecule has 4 heteroatoms. The Kier molecular flexibility index (Phi) is 3.31. The van der Waals surface area contributed by atoms with Crippen molar-refractivity contribution in [2.24, 2.45) is 0 Å². The molecule has 0 fully saturated rings. The molecule has 84 valence electrons. The van der Waals surface area contributed by atoms with Crippen LogP contribution >= 0.6 is 11.3 Å². The van der Waals surface area contributed by atoms with Crippen LogP contribution in [0.5, 0.6) is 0 Å². The van der Waals surface area contributed by atoms with Gasteiger partial charge in [0.1, 0.15) is 11.6 Å². The van der Waals surface area contributed by atoms with Crippen molar-refractivity contribution in [3.63, 3.8) is 0 Å². The topological polar surface area (TPSA) is 12.0 Å². The third-order valence-electron chi connectivity index (χ3n) is 2.44. The summed E-state index contributed by atoms with van der Waals surface area (Å²) in [6.45, 7) is 0. The van der Waals surface area contributed by atoms with Crippen molar-refractivity contribution in [3.8, 4) is 0 Å². The Hall–Kier alpha value is -1.26. The fraction of sp³-hybridized carbons (Fsp3) is 0.167. The second-order valence-corrected chi connectivity index (χ2v) is 4.22. The van der Waals surface area contributed by atoms with E-state index in [-0.39, 0.29) is 6.04 Å². The maximum atomic E-state index is 13.6. The Morgan fingerprint density at radius 3 is 2.62 bits per heavy atom. The molecule has 0 radical (unpaired) electrons. The standard InChI is InChI=1S/C12H11F2NS/c1-15-12(8-4-5-16-7-8)10-3-2-9(13)6-11(10)14/h2-7,12,15H,1H3. The lowest BCUT2D eigenvalue weighted by atomic mass is 10.0. The van der Waals surface area contributed by atoms with Crippen LogP contribution in [0.1, 0.15) is 17.2 Å². The molecule has 1 heterocycles. The predicted molar refractivity (Wildman–Crippen MR) is 61.6 cm³/mol. The van der Waals surface area contributed by atoms with Crippen molar-refractivity contribution in [3.05, 3.63) is 57.8 Å². The van der Waals surface area contributed by atoms with E-state index in [1.54, 1.807) is 18.4 Å². The van der Waals surface area contributed by atoms with Gasteiger partial charge in [0.25, 0.3) is 0 Å². The smallest absolute Gasteiger partial charge is 0.131 e. The molecule has 2 rings (SSSR count). The van der Waals surface area contributed by atoms with Crippen LogP contribution in [-0.2, 0) is 0 Å². The number of thiophene rings is 1. The zero-order valence-corrected chi connectivity index (χ0v) is 9.52. The minimum Gasteiger partial charge on any atom is -0.309 e. The molecule has 0 aliphatic carbocycles. The average Bonchev–Trinajstić information content (AvgIpc) is 2.75. The van der Waals surface area contributed by atoms with E-state index in [1.165, 1.54) is 12.1 Å². The van der Waals surface area contributed by atoms with Crippen LogP contribution in [0, 0.1) is 11.6 Å². The number of halogens is 2. The lowest BCUT2D eigenvalue weighted by Crippen LogP contribution is -2.18. The van der Waals surface area contributed by atoms with Gasteiger partial charge in [0.15, 0.2) is 0 Å². The van der Waals surface area contributed by atoms with Crippen molar-refractivity contribution in [2.75, 3.05) is 7.05 Å². The van der Waals surface area contributed by atoms with E-state index < -0.39 is 11.6 Å². The molecule has 0 spiro atoms. The molecule has 1 unspecified atom stereocenters. The fourth-order valence-electron chi connectivity index (χ4n) is 1.68. The zero-order valence-electron chi connectivity index (χ0n) is 8.71. The van der Waals surface area contributed by atoms with Crippen LogP contribution in [0.25, 0.3) is 0 Å². The second-order valence-electron chi connectivity index (χ2n) is 3.44. The van der Waals surface area contributed by atoms with Crippen molar-refractivity contribution in [1.29, 1.82) is 0 Å². The summed E-state index contributed by atoms with van der Waals surface area (Å²) in [4.78, 5) is 0. The van der Waals surface area contributed by atoms with Crippen molar-refractivity contribution >= 4 is 11.3 Å². The lowest BCUT2D eigenvalue weighted by molar-refractivity contribution is 0.552. The lowest BCUT2D eigenvalue weighted by Gasteiger charge is -2.16. The highest BCUT2D eigenvalue weighted by Crippen LogP contribution is 2.26. The van der Waals surface area contributed by atoms with Gasteiger partial charge in [0, 0.05) is 11.6 Å². The van der Waals surface area contributed by atoms with Crippen LogP contribution < -0.4 is 5.32 Å². The van der Waals surface area contributed by atoms with Gasteiger partial charge < -0.3 is 5.32 Å². The molecule has 16 heavy (non-hydrogen) atoms. The molecule has 0 saturated heterocycles. The zero-order chi connectivity index (χ0) is 11.5. The number of hydrogen-bond acceptors (Lipinski definition) is 2. The minimum atomic E-state index is -0.554. The average molecular weight is 239 g/mol. The molecule has 0 saturated carbocycles. The van der Waals surface area contributed by atoms with Crippen LogP contribution in [0.15, 0.2) is 35.0 Å². The molecule has 0 amide bonds. The first-order valence-electron chi connectivity index (χ1n) is 4.86. The Labute approximate surface area is 96.7 Å². The summed E-state index contributed by atoms with van der Waals surface area (Å²) in [5.41, 5.74) is 1.44. The van der Waals surface area contributed by atoms with Gasteiger partial charge in [-0.05, 0) is 35.5 Å². The van der Waals surface area contributed by atoms with Crippen LogP contribution in [0.3, 0.4) is 0 Å². The van der Waals surface area contributed by atoms with Crippen LogP contribution in [0.4, 0.5) is 8.78 Å². The molecule has 1 atom stereocenters. The Morgan fingerprint density at radius 2 is 2.06 bits per heavy atom. The molecular formula is C12H11F2NS. The number of hydrogen-bond donors (Lipinski definition) is 1. The van der Waals surface area contributed by atoms with Gasteiger partial charge in [-0.2, -0.15) is 11.3 Å². The SMILES string of the molecule is CNC(c1ccsc1)c1ccc(F)cc1F. The Morgan fingerprint density at radius 1 is 1.25 bits per heavy atom. The number of nitrogens with one attached hydrogen (secondary N) is 1. The van der Waals surface area contributed by atoms with E-state index in [9.17, 15) is 8.78 Å². The van der Waals surface area contributed by atoms with E-state index in [4.69, 9.17) is 0 Å². The van der Waals surface area contributed by atoms with E-state index in [0.717, 1.165) is 11.6 Å². The molecule has 2 aromatic rings. The Bertz CT molecular complexity index is 468. The third-order valence-corrected chi connectivity index (χ3v) is 3.14. The first-order chi connectivity index (χ1) is 7.72. The summed E-state index contributed by atoms with van der Waals surface area (Å²) >= 11 is 1.55. The maximum absolute atomic E-state index is 13.6. The number of rotatable bonds is 3.